The van der Waals surface area contributed by atoms with Gasteiger partial charge in [-0.1, -0.05) is 51.0 Å². The van der Waals surface area contributed by atoms with Crippen molar-refractivity contribution in [3.63, 3.8) is 0 Å². The summed E-state index contributed by atoms with van der Waals surface area (Å²) in [6.07, 6.45) is 1.81. The van der Waals surface area contributed by atoms with Crippen LogP contribution in [0.3, 0.4) is 0 Å². The Hall–Kier alpha value is -1.98. The summed E-state index contributed by atoms with van der Waals surface area (Å²) in [6.45, 7) is 4.15. The highest BCUT2D eigenvalue weighted by molar-refractivity contribution is 9.10. The van der Waals surface area contributed by atoms with Gasteiger partial charge in [-0.15, -0.1) is 0 Å². The van der Waals surface area contributed by atoms with Crippen LogP contribution in [0.15, 0.2) is 53.1 Å². The summed E-state index contributed by atoms with van der Waals surface area (Å²) in [4.78, 5) is 17.6. The lowest BCUT2D eigenvalue weighted by atomic mass is 10.1. The van der Waals surface area contributed by atoms with Crippen molar-refractivity contribution >= 4 is 38.3 Å². The van der Waals surface area contributed by atoms with Crippen LogP contribution in [0.1, 0.15) is 21.5 Å². The zero-order valence-electron chi connectivity index (χ0n) is 12.8. The Kier molecular flexibility index (Phi) is 4.59. The Morgan fingerprint density at radius 2 is 1.87 bits per heavy atom. The molecule has 1 N–H and O–H groups in total. The highest BCUT2D eigenvalue weighted by Crippen LogP contribution is 2.32. The van der Waals surface area contributed by atoms with Gasteiger partial charge in [0, 0.05) is 16.2 Å². The summed E-state index contributed by atoms with van der Waals surface area (Å²) < 4.78 is 0.945. The van der Waals surface area contributed by atoms with Crippen molar-refractivity contribution in [2.24, 2.45) is 0 Å². The molecule has 3 nitrogen and oxygen atoms in total. The number of aromatic nitrogens is 1. The molecule has 0 saturated heterocycles. The minimum Gasteiger partial charge on any atom is -0.298 e. The third-order valence-corrected chi connectivity index (χ3v) is 4.97. The quantitative estimate of drug-likeness (QED) is 0.650. The van der Waals surface area contributed by atoms with Crippen LogP contribution in [-0.2, 0) is 0 Å². The number of carbonyl (C=O) groups excluding carboxylic acids is 1. The number of benzene rings is 2. The minimum atomic E-state index is -0.153. The molecule has 0 aliphatic rings. The Morgan fingerprint density at radius 1 is 1.13 bits per heavy atom. The van der Waals surface area contributed by atoms with Gasteiger partial charge in [0.05, 0.1) is 4.88 Å². The second-order valence-electron chi connectivity index (χ2n) is 5.31. The molecule has 0 aliphatic carbocycles. The van der Waals surface area contributed by atoms with E-state index < -0.39 is 0 Å². The molecule has 23 heavy (non-hydrogen) atoms. The number of amides is 1. The average Bonchev–Trinajstić information content (AvgIpc) is 2.98. The Balaban J connectivity index is 1.81. The normalized spacial score (nSPS) is 10.6. The molecule has 0 atom stereocenters. The summed E-state index contributed by atoms with van der Waals surface area (Å²) in [5, 5.41) is 3.46. The molecule has 0 fully saturated rings. The van der Waals surface area contributed by atoms with Crippen LogP contribution in [0.2, 0.25) is 0 Å². The first-order chi connectivity index (χ1) is 11.0. The van der Waals surface area contributed by atoms with Crippen LogP contribution in [-0.4, -0.2) is 10.9 Å². The number of nitrogens with zero attached hydrogens (tertiary/aromatic N) is 1. The molecule has 0 saturated carbocycles. The monoisotopic (exact) mass is 386 g/mol. The molecule has 0 unspecified atom stereocenters. The van der Waals surface area contributed by atoms with E-state index in [1.165, 1.54) is 22.5 Å². The van der Waals surface area contributed by atoms with Gasteiger partial charge in [-0.25, -0.2) is 4.98 Å². The molecule has 2 aromatic carbocycles. The van der Waals surface area contributed by atoms with Crippen molar-refractivity contribution in [1.82, 2.24) is 4.98 Å². The van der Waals surface area contributed by atoms with E-state index in [4.69, 9.17) is 0 Å². The molecule has 1 aromatic heterocycles. The van der Waals surface area contributed by atoms with E-state index in [0.717, 1.165) is 14.9 Å². The molecule has 5 heteroatoms. The van der Waals surface area contributed by atoms with Gasteiger partial charge >= 0.3 is 0 Å². The second-order valence-corrected chi connectivity index (χ2v) is 7.26. The highest BCUT2D eigenvalue weighted by Gasteiger charge is 2.11. The van der Waals surface area contributed by atoms with Crippen LogP contribution >= 0.6 is 27.3 Å². The van der Waals surface area contributed by atoms with Gasteiger partial charge in [0.25, 0.3) is 5.91 Å². The van der Waals surface area contributed by atoms with Crippen LogP contribution in [0.4, 0.5) is 5.13 Å². The molecule has 0 spiro atoms. The molecule has 116 valence electrons. The lowest BCUT2D eigenvalue weighted by molar-refractivity contribution is 0.102. The van der Waals surface area contributed by atoms with Gasteiger partial charge in [-0.2, -0.15) is 0 Å². The molecular weight excluding hydrogens is 372 g/mol. The van der Waals surface area contributed by atoms with Crippen molar-refractivity contribution in [3.05, 3.63) is 69.8 Å². The van der Waals surface area contributed by atoms with Gasteiger partial charge in [0.2, 0.25) is 0 Å². The summed E-state index contributed by atoms with van der Waals surface area (Å²) in [5.74, 6) is -0.153. The SMILES string of the molecule is Cc1ccc(C)c(-c2cnc(NC(=O)c3ccc(Br)cc3)s2)c1. The molecule has 1 heterocycles. The maximum Gasteiger partial charge on any atom is 0.257 e. The van der Waals surface area contributed by atoms with Crippen LogP contribution in [0.25, 0.3) is 10.4 Å². The molecular formula is C18H15BrN2OS. The Morgan fingerprint density at radius 3 is 2.61 bits per heavy atom. The van der Waals surface area contributed by atoms with E-state index >= 15 is 0 Å². The first kappa shape index (κ1) is 15.9. The predicted octanol–water partition coefficient (Wildman–Crippen LogP) is 5.44. The summed E-state index contributed by atoms with van der Waals surface area (Å²) in [6, 6.07) is 13.6. The molecule has 3 aromatic rings. The molecule has 0 aliphatic heterocycles. The number of carbonyl (C=O) groups is 1. The van der Waals surface area contributed by atoms with Crippen molar-refractivity contribution < 1.29 is 4.79 Å². The fourth-order valence-corrected chi connectivity index (χ4v) is 3.39. The van der Waals surface area contributed by atoms with E-state index in [9.17, 15) is 4.79 Å². The third-order valence-electron chi connectivity index (χ3n) is 3.49. The van der Waals surface area contributed by atoms with Crippen molar-refractivity contribution in [2.45, 2.75) is 13.8 Å². The molecule has 3 rings (SSSR count). The molecule has 0 radical (unpaired) electrons. The number of hydrogen-bond donors (Lipinski definition) is 1. The second kappa shape index (κ2) is 6.64. The topological polar surface area (TPSA) is 42.0 Å². The lowest BCUT2D eigenvalue weighted by Crippen LogP contribution is -2.11. The maximum atomic E-state index is 12.2. The minimum absolute atomic E-state index is 0.153. The predicted molar refractivity (Wildman–Crippen MR) is 99.1 cm³/mol. The first-order valence-corrected chi connectivity index (χ1v) is 8.74. The number of nitrogens with one attached hydrogen (secondary N) is 1. The van der Waals surface area contributed by atoms with Gasteiger partial charge in [-0.3, -0.25) is 10.1 Å². The van der Waals surface area contributed by atoms with E-state index in [-0.39, 0.29) is 5.91 Å². The van der Waals surface area contributed by atoms with Crippen LogP contribution < -0.4 is 5.32 Å². The van der Waals surface area contributed by atoms with Gasteiger partial charge in [0.1, 0.15) is 0 Å². The summed E-state index contributed by atoms with van der Waals surface area (Å²) in [5.41, 5.74) is 4.17. The number of hydrogen-bond acceptors (Lipinski definition) is 3. The van der Waals surface area contributed by atoms with Gasteiger partial charge in [-0.05, 0) is 49.2 Å². The smallest absolute Gasteiger partial charge is 0.257 e. The first-order valence-electron chi connectivity index (χ1n) is 7.13. The van der Waals surface area contributed by atoms with Crippen LogP contribution in [0, 0.1) is 13.8 Å². The molecule has 0 bridgehead atoms. The lowest BCUT2D eigenvalue weighted by Gasteiger charge is -2.04. The number of halogens is 1. The van der Waals surface area contributed by atoms with Crippen molar-refractivity contribution in [2.75, 3.05) is 5.32 Å². The Labute approximate surface area is 147 Å². The zero-order chi connectivity index (χ0) is 16.4. The highest BCUT2D eigenvalue weighted by atomic mass is 79.9. The fourth-order valence-electron chi connectivity index (χ4n) is 2.23. The largest absolute Gasteiger partial charge is 0.298 e. The van der Waals surface area contributed by atoms with E-state index in [1.54, 1.807) is 12.1 Å². The number of aryl methyl sites for hydroxylation is 2. The molecule has 1 amide bonds. The standard InChI is InChI=1S/C18H15BrN2OS/c1-11-3-4-12(2)15(9-11)16-10-20-18(23-16)21-17(22)13-5-7-14(19)8-6-13/h3-10H,1-2H3,(H,20,21,22). The van der Waals surface area contributed by atoms with Crippen LogP contribution in [0.5, 0.6) is 0 Å². The number of rotatable bonds is 3. The number of thiazole rings is 1. The number of anilines is 1. The van der Waals surface area contributed by atoms with Crippen molar-refractivity contribution in [3.8, 4) is 10.4 Å². The fraction of sp³-hybridized carbons (Fsp3) is 0.111. The maximum absolute atomic E-state index is 12.2. The summed E-state index contributed by atoms with van der Waals surface area (Å²) >= 11 is 4.84. The van der Waals surface area contributed by atoms with E-state index in [0.29, 0.717) is 10.7 Å². The van der Waals surface area contributed by atoms with Gasteiger partial charge < -0.3 is 0 Å². The van der Waals surface area contributed by atoms with Crippen molar-refractivity contribution in [1.29, 1.82) is 0 Å². The Bertz CT molecular complexity index is 856. The zero-order valence-corrected chi connectivity index (χ0v) is 15.2. The van der Waals surface area contributed by atoms with E-state index in [1.807, 2.05) is 18.3 Å². The average molecular weight is 387 g/mol. The summed E-state index contributed by atoms with van der Waals surface area (Å²) in [7, 11) is 0. The van der Waals surface area contributed by atoms with Gasteiger partial charge in [0.15, 0.2) is 5.13 Å². The third kappa shape index (κ3) is 3.68. The van der Waals surface area contributed by atoms with E-state index in [2.05, 4.69) is 58.3 Å².